The Hall–Kier alpha value is -0.850. The van der Waals surface area contributed by atoms with Crippen molar-refractivity contribution < 1.29 is 4.42 Å². The maximum Gasteiger partial charge on any atom is 0.248 e. The summed E-state index contributed by atoms with van der Waals surface area (Å²) in [6.07, 6.45) is 1.01. The molecular formula is C12H14BrN3OS. The topological polar surface area (TPSA) is 64.9 Å². The number of aromatic nitrogens is 2. The molecule has 18 heavy (non-hydrogen) atoms. The van der Waals surface area contributed by atoms with Crippen molar-refractivity contribution in [3.8, 4) is 11.5 Å². The maximum absolute atomic E-state index is 5.63. The average molecular weight is 328 g/mol. The van der Waals surface area contributed by atoms with Crippen LogP contribution in [0.3, 0.4) is 0 Å². The van der Waals surface area contributed by atoms with Crippen molar-refractivity contribution in [2.75, 3.05) is 12.3 Å². The first kappa shape index (κ1) is 13.6. The zero-order chi connectivity index (χ0) is 12.8. The molecule has 0 unspecified atom stereocenters. The molecule has 2 N–H and O–H groups in total. The van der Waals surface area contributed by atoms with Crippen molar-refractivity contribution in [2.24, 2.45) is 5.73 Å². The SMILES string of the molecule is NCCCSCc1nnc(-c2ccccc2Br)o1. The number of nitrogens with two attached hydrogens (primary N) is 1. The Kier molecular flexibility index (Phi) is 5.22. The summed E-state index contributed by atoms with van der Waals surface area (Å²) >= 11 is 5.22. The second kappa shape index (κ2) is 6.92. The molecule has 2 rings (SSSR count). The largest absolute Gasteiger partial charge is 0.420 e. The molecule has 0 aliphatic heterocycles. The fourth-order valence-corrected chi connectivity index (χ4v) is 2.66. The Labute approximate surface area is 118 Å². The van der Waals surface area contributed by atoms with Crippen molar-refractivity contribution in [3.63, 3.8) is 0 Å². The van der Waals surface area contributed by atoms with Crippen LogP contribution in [0.15, 0.2) is 33.2 Å². The lowest BCUT2D eigenvalue weighted by Crippen LogP contribution is -1.99. The predicted molar refractivity (Wildman–Crippen MR) is 77.3 cm³/mol. The highest BCUT2D eigenvalue weighted by Gasteiger charge is 2.10. The van der Waals surface area contributed by atoms with Crippen LogP contribution in [-0.2, 0) is 5.75 Å². The summed E-state index contributed by atoms with van der Waals surface area (Å²) in [7, 11) is 0. The minimum atomic E-state index is 0.553. The summed E-state index contributed by atoms with van der Waals surface area (Å²) in [6.45, 7) is 0.721. The van der Waals surface area contributed by atoms with E-state index in [9.17, 15) is 0 Å². The van der Waals surface area contributed by atoms with Gasteiger partial charge in [0.1, 0.15) is 0 Å². The predicted octanol–water partition coefficient (Wildman–Crippen LogP) is 3.08. The van der Waals surface area contributed by atoms with Crippen LogP contribution in [0.25, 0.3) is 11.5 Å². The minimum absolute atomic E-state index is 0.553. The molecule has 0 aliphatic carbocycles. The molecule has 0 radical (unpaired) electrons. The molecule has 0 bridgehead atoms. The molecule has 1 heterocycles. The van der Waals surface area contributed by atoms with Crippen LogP contribution >= 0.6 is 27.7 Å². The average Bonchev–Trinajstić information content (AvgIpc) is 2.84. The number of benzene rings is 1. The zero-order valence-corrected chi connectivity index (χ0v) is 12.2. The van der Waals surface area contributed by atoms with E-state index < -0.39 is 0 Å². The van der Waals surface area contributed by atoms with Gasteiger partial charge in [-0.15, -0.1) is 10.2 Å². The molecule has 0 saturated carbocycles. The van der Waals surface area contributed by atoms with Gasteiger partial charge in [0.2, 0.25) is 11.8 Å². The minimum Gasteiger partial charge on any atom is -0.420 e. The maximum atomic E-state index is 5.63. The zero-order valence-electron chi connectivity index (χ0n) is 9.80. The molecule has 0 fully saturated rings. The second-order valence-corrected chi connectivity index (χ2v) is 5.64. The summed E-state index contributed by atoms with van der Waals surface area (Å²) in [5.41, 5.74) is 6.35. The van der Waals surface area contributed by atoms with Gasteiger partial charge in [0.05, 0.1) is 11.3 Å². The van der Waals surface area contributed by atoms with Gasteiger partial charge in [-0.25, -0.2) is 0 Å². The van der Waals surface area contributed by atoms with Gasteiger partial charge in [-0.05, 0) is 46.8 Å². The van der Waals surface area contributed by atoms with Crippen LogP contribution in [0.5, 0.6) is 0 Å². The van der Waals surface area contributed by atoms with Gasteiger partial charge in [0.25, 0.3) is 0 Å². The van der Waals surface area contributed by atoms with Crippen molar-refractivity contribution in [3.05, 3.63) is 34.6 Å². The first-order valence-corrected chi connectivity index (χ1v) is 7.61. The monoisotopic (exact) mass is 327 g/mol. The molecule has 6 heteroatoms. The van der Waals surface area contributed by atoms with Gasteiger partial charge in [-0.1, -0.05) is 12.1 Å². The van der Waals surface area contributed by atoms with Gasteiger partial charge < -0.3 is 10.2 Å². The molecule has 0 aliphatic rings. The van der Waals surface area contributed by atoms with E-state index in [0.717, 1.165) is 34.5 Å². The van der Waals surface area contributed by atoms with Crippen molar-refractivity contribution in [2.45, 2.75) is 12.2 Å². The third kappa shape index (κ3) is 3.57. The van der Waals surface area contributed by atoms with Crippen molar-refractivity contribution in [1.82, 2.24) is 10.2 Å². The summed E-state index contributed by atoms with van der Waals surface area (Å²) in [5.74, 6) is 2.96. The molecule has 1 aromatic carbocycles. The van der Waals surface area contributed by atoms with E-state index >= 15 is 0 Å². The van der Waals surface area contributed by atoms with Crippen LogP contribution in [0, 0.1) is 0 Å². The smallest absolute Gasteiger partial charge is 0.248 e. The lowest BCUT2D eigenvalue weighted by Gasteiger charge is -1.97. The number of hydrogen-bond acceptors (Lipinski definition) is 5. The molecule has 2 aromatic rings. The van der Waals surface area contributed by atoms with Gasteiger partial charge in [-0.2, -0.15) is 11.8 Å². The Balaban J connectivity index is 2.00. The number of halogens is 1. The van der Waals surface area contributed by atoms with Crippen LogP contribution in [0.2, 0.25) is 0 Å². The van der Waals surface area contributed by atoms with Crippen LogP contribution < -0.4 is 5.73 Å². The first-order chi connectivity index (χ1) is 8.81. The fraction of sp³-hybridized carbons (Fsp3) is 0.333. The van der Waals surface area contributed by atoms with E-state index in [-0.39, 0.29) is 0 Å². The first-order valence-electron chi connectivity index (χ1n) is 5.66. The molecular weight excluding hydrogens is 314 g/mol. The summed E-state index contributed by atoms with van der Waals surface area (Å²) in [5, 5.41) is 8.10. The summed E-state index contributed by atoms with van der Waals surface area (Å²) < 4.78 is 6.58. The van der Waals surface area contributed by atoms with Crippen LogP contribution in [-0.4, -0.2) is 22.5 Å². The Morgan fingerprint density at radius 2 is 2.11 bits per heavy atom. The van der Waals surface area contributed by atoms with E-state index in [4.69, 9.17) is 10.2 Å². The van der Waals surface area contributed by atoms with Gasteiger partial charge in [0, 0.05) is 4.47 Å². The molecule has 96 valence electrons. The van der Waals surface area contributed by atoms with E-state index in [1.165, 1.54) is 0 Å². The van der Waals surface area contributed by atoms with Crippen molar-refractivity contribution >= 4 is 27.7 Å². The molecule has 1 aromatic heterocycles. The molecule has 4 nitrogen and oxygen atoms in total. The molecule has 0 saturated heterocycles. The Morgan fingerprint density at radius 3 is 2.89 bits per heavy atom. The van der Waals surface area contributed by atoms with Crippen LogP contribution in [0.4, 0.5) is 0 Å². The standard InChI is InChI=1S/C12H14BrN3OS/c13-10-5-2-1-4-9(10)12-16-15-11(17-12)8-18-7-3-6-14/h1-2,4-5H,3,6-8,14H2. The number of nitrogens with zero attached hydrogens (tertiary/aromatic N) is 2. The number of rotatable bonds is 6. The Bertz CT molecular complexity index is 504. The van der Waals surface area contributed by atoms with E-state index in [0.29, 0.717) is 11.8 Å². The van der Waals surface area contributed by atoms with Crippen LogP contribution in [0.1, 0.15) is 12.3 Å². The third-order valence-corrected chi connectivity index (χ3v) is 4.01. The van der Waals surface area contributed by atoms with E-state index in [1.54, 1.807) is 11.8 Å². The summed E-state index contributed by atoms with van der Waals surface area (Å²) in [6, 6.07) is 7.80. The van der Waals surface area contributed by atoms with E-state index in [2.05, 4.69) is 26.1 Å². The number of thioether (sulfide) groups is 1. The molecule has 0 amide bonds. The highest BCUT2D eigenvalue weighted by molar-refractivity contribution is 9.10. The van der Waals surface area contributed by atoms with Gasteiger partial charge in [0.15, 0.2) is 0 Å². The third-order valence-electron chi connectivity index (χ3n) is 2.29. The fourth-order valence-electron chi connectivity index (χ4n) is 1.40. The van der Waals surface area contributed by atoms with Gasteiger partial charge >= 0.3 is 0 Å². The normalized spacial score (nSPS) is 10.8. The highest BCUT2D eigenvalue weighted by atomic mass is 79.9. The lowest BCUT2D eigenvalue weighted by molar-refractivity contribution is 0.528. The lowest BCUT2D eigenvalue weighted by atomic mass is 10.2. The quantitative estimate of drug-likeness (QED) is 0.826. The van der Waals surface area contributed by atoms with Gasteiger partial charge in [-0.3, -0.25) is 0 Å². The van der Waals surface area contributed by atoms with E-state index in [1.807, 2.05) is 24.3 Å². The molecule has 0 atom stereocenters. The highest BCUT2D eigenvalue weighted by Crippen LogP contribution is 2.27. The second-order valence-electron chi connectivity index (χ2n) is 3.68. The van der Waals surface area contributed by atoms with Crippen molar-refractivity contribution in [1.29, 1.82) is 0 Å². The number of hydrogen-bond donors (Lipinski definition) is 1. The molecule has 0 spiro atoms. The Morgan fingerprint density at radius 1 is 1.28 bits per heavy atom. The summed E-state index contributed by atoms with van der Waals surface area (Å²) in [4.78, 5) is 0.